The summed E-state index contributed by atoms with van der Waals surface area (Å²) in [5.74, 6) is 0.376. The van der Waals surface area contributed by atoms with Crippen LogP contribution in [0.2, 0.25) is 0 Å². The van der Waals surface area contributed by atoms with Crippen LogP contribution in [0.4, 0.5) is 5.69 Å². The van der Waals surface area contributed by atoms with Gasteiger partial charge in [-0.05, 0) is 66.4 Å². The molecule has 28 heavy (non-hydrogen) atoms. The number of carbonyl (C=O) groups excluding carboxylic acids is 1. The Kier molecular flexibility index (Phi) is 6.14. The van der Waals surface area contributed by atoms with E-state index in [0.29, 0.717) is 11.1 Å². The number of rotatable bonds is 6. The second-order valence-electron chi connectivity index (χ2n) is 7.19. The summed E-state index contributed by atoms with van der Waals surface area (Å²) in [7, 11) is 0. The normalized spacial score (nSPS) is 12.2. The van der Waals surface area contributed by atoms with Crippen molar-refractivity contribution in [3.63, 3.8) is 0 Å². The van der Waals surface area contributed by atoms with E-state index < -0.39 is 0 Å². The molecule has 6 nitrogen and oxygen atoms in total. The highest BCUT2D eigenvalue weighted by Gasteiger charge is 2.20. The zero-order chi connectivity index (χ0) is 20.3. The van der Waals surface area contributed by atoms with Crippen molar-refractivity contribution in [2.75, 3.05) is 5.32 Å². The molecule has 1 aromatic heterocycles. The lowest BCUT2D eigenvalue weighted by Crippen LogP contribution is -2.23. The summed E-state index contributed by atoms with van der Waals surface area (Å²) >= 11 is 1.33. The van der Waals surface area contributed by atoms with Crippen molar-refractivity contribution >= 4 is 23.4 Å². The monoisotopic (exact) mass is 395 g/mol. The van der Waals surface area contributed by atoms with E-state index in [4.69, 9.17) is 0 Å². The van der Waals surface area contributed by atoms with E-state index in [1.807, 2.05) is 57.2 Å². The van der Waals surface area contributed by atoms with Crippen molar-refractivity contribution in [1.29, 1.82) is 0 Å². The number of aromatic nitrogens is 4. The number of carbonyl (C=O) groups is 1. The van der Waals surface area contributed by atoms with Gasteiger partial charge < -0.3 is 5.32 Å². The first kappa shape index (κ1) is 20.1. The lowest BCUT2D eigenvalue weighted by molar-refractivity contribution is -0.115. The zero-order valence-corrected chi connectivity index (χ0v) is 17.6. The van der Waals surface area contributed by atoms with Crippen LogP contribution < -0.4 is 5.32 Å². The Balaban J connectivity index is 1.70. The molecule has 0 aliphatic heterocycles. The molecule has 0 aliphatic rings. The van der Waals surface area contributed by atoms with Gasteiger partial charge in [0.2, 0.25) is 11.1 Å². The molecule has 0 bridgehead atoms. The molecule has 3 rings (SSSR count). The Morgan fingerprint density at radius 3 is 2.43 bits per heavy atom. The summed E-state index contributed by atoms with van der Waals surface area (Å²) in [6, 6.07) is 14.1. The molecule has 7 heteroatoms. The number of hydrogen-bond acceptors (Lipinski definition) is 5. The molecule has 146 valence electrons. The third-order valence-corrected chi connectivity index (χ3v) is 5.55. The van der Waals surface area contributed by atoms with Crippen molar-refractivity contribution in [3.05, 3.63) is 59.2 Å². The topological polar surface area (TPSA) is 72.7 Å². The average molecular weight is 396 g/mol. The molecule has 0 radical (unpaired) electrons. The van der Waals surface area contributed by atoms with Crippen LogP contribution in [0.15, 0.2) is 47.6 Å². The molecule has 0 saturated carbocycles. The number of nitrogens with one attached hydrogen (secondary N) is 1. The van der Waals surface area contributed by atoms with E-state index in [1.165, 1.54) is 22.9 Å². The lowest BCUT2D eigenvalue weighted by atomic mass is 10.0. The fraction of sp³-hybridized carbons (Fsp3) is 0.333. The summed E-state index contributed by atoms with van der Waals surface area (Å²) in [4.78, 5) is 12.6. The number of aryl methyl sites for hydroxylation is 2. The molecule has 0 unspecified atom stereocenters. The molecule has 1 amide bonds. The third kappa shape index (κ3) is 4.59. The molecule has 0 fully saturated rings. The van der Waals surface area contributed by atoms with Crippen molar-refractivity contribution in [2.24, 2.45) is 0 Å². The quantitative estimate of drug-likeness (QED) is 0.621. The summed E-state index contributed by atoms with van der Waals surface area (Å²) in [6.45, 7) is 10.2. The van der Waals surface area contributed by atoms with Gasteiger partial charge in [-0.1, -0.05) is 55.4 Å². The number of benzene rings is 2. The average Bonchev–Trinajstić information content (AvgIpc) is 3.10. The van der Waals surface area contributed by atoms with Crippen molar-refractivity contribution < 1.29 is 4.79 Å². The molecule has 1 atom stereocenters. The maximum absolute atomic E-state index is 12.6. The minimum Gasteiger partial charge on any atom is -0.325 e. The molecular formula is C21H25N5OS. The minimum atomic E-state index is -0.347. The summed E-state index contributed by atoms with van der Waals surface area (Å²) < 4.78 is 1.68. The van der Waals surface area contributed by atoms with Crippen LogP contribution in [-0.4, -0.2) is 31.4 Å². The number of nitrogens with zero attached hydrogens (tertiary/aromatic N) is 4. The standard InChI is InChI=1S/C21H25N5OS/c1-13(2)17-7-9-18(10-8-17)22-20(27)16(5)28-21-23-24-25-26(21)19-11-6-14(3)12-15(19)4/h6-13,16H,1-5H3,(H,22,27)/t16-/m0/s1. The van der Waals surface area contributed by atoms with E-state index in [0.717, 1.165) is 16.9 Å². The van der Waals surface area contributed by atoms with Crippen molar-refractivity contribution in [1.82, 2.24) is 20.2 Å². The van der Waals surface area contributed by atoms with Crippen LogP contribution >= 0.6 is 11.8 Å². The van der Waals surface area contributed by atoms with Crippen LogP contribution in [0.1, 0.15) is 43.4 Å². The van der Waals surface area contributed by atoms with Crippen LogP contribution in [0, 0.1) is 13.8 Å². The number of hydrogen-bond donors (Lipinski definition) is 1. The molecule has 1 N–H and O–H groups in total. The molecule has 1 heterocycles. The third-order valence-electron chi connectivity index (χ3n) is 4.52. The lowest BCUT2D eigenvalue weighted by Gasteiger charge is -2.13. The first-order valence-corrected chi connectivity index (χ1v) is 10.2. The van der Waals surface area contributed by atoms with Gasteiger partial charge in [0.1, 0.15) is 0 Å². The van der Waals surface area contributed by atoms with Gasteiger partial charge in [0, 0.05) is 5.69 Å². The van der Waals surface area contributed by atoms with Gasteiger partial charge >= 0.3 is 0 Å². The number of tetrazole rings is 1. The van der Waals surface area contributed by atoms with Gasteiger partial charge in [0.25, 0.3) is 0 Å². The first-order chi connectivity index (χ1) is 13.3. The molecule has 3 aromatic rings. The van der Waals surface area contributed by atoms with Crippen molar-refractivity contribution in [2.45, 2.75) is 50.9 Å². The highest BCUT2D eigenvalue weighted by molar-refractivity contribution is 8.00. The number of thioether (sulfide) groups is 1. The highest BCUT2D eigenvalue weighted by atomic mass is 32.2. The van der Waals surface area contributed by atoms with Crippen molar-refractivity contribution in [3.8, 4) is 5.69 Å². The Labute approximate surface area is 169 Å². The molecule has 2 aromatic carbocycles. The summed E-state index contributed by atoms with van der Waals surface area (Å²) in [5, 5.41) is 15.2. The van der Waals surface area contributed by atoms with Gasteiger partial charge in [0.05, 0.1) is 10.9 Å². The minimum absolute atomic E-state index is 0.0857. The summed E-state index contributed by atoms with van der Waals surface area (Å²) in [6.07, 6.45) is 0. The smallest absolute Gasteiger partial charge is 0.237 e. The number of amides is 1. The highest BCUT2D eigenvalue weighted by Crippen LogP contribution is 2.26. The fourth-order valence-corrected chi connectivity index (χ4v) is 3.65. The van der Waals surface area contributed by atoms with E-state index in [1.54, 1.807) is 4.68 Å². The second-order valence-corrected chi connectivity index (χ2v) is 8.50. The molecule has 0 saturated heterocycles. The van der Waals surface area contributed by atoms with E-state index in [9.17, 15) is 4.79 Å². The predicted molar refractivity (Wildman–Crippen MR) is 113 cm³/mol. The fourth-order valence-electron chi connectivity index (χ4n) is 2.85. The Morgan fingerprint density at radius 2 is 1.79 bits per heavy atom. The Bertz CT molecular complexity index is 965. The van der Waals surface area contributed by atoms with Gasteiger partial charge in [-0.3, -0.25) is 4.79 Å². The Morgan fingerprint density at radius 1 is 1.07 bits per heavy atom. The SMILES string of the molecule is Cc1ccc(-n2nnnc2S[C@@H](C)C(=O)Nc2ccc(C(C)C)cc2)c(C)c1. The maximum Gasteiger partial charge on any atom is 0.237 e. The first-order valence-electron chi connectivity index (χ1n) is 9.28. The molecular weight excluding hydrogens is 370 g/mol. The van der Waals surface area contributed by atoms with Crippen LogP contribution in [-0.2, 0) is 4.79 Å². The molecule has 0 aliphatic carbocycles. The largest absolute Gasteiger partial charge is 0.325 e. The van der Waals surface area contributed by atoms with Gasteiger partial charge in [-0.15, -0.1) is 5.10 Å². The van der Waals surface area contributed by atoms with E-state index >= 15 is 0 Å². The van der Waals surface area contributed by atoms with E-state index in [2.05, 4.69) is 40.8 Å². The van der Waals surface area contributed by atoms with Crippen LogP contribution in [0.3, 0.4) is 0 Å². The number of anilines is 1. The predicted octanol–water partition coefficient (Wildman–Crippen LogP) is 4.52. The Hall–Kier alpha value is -2.67. The van der Waals surface area contributed by atoms with E-state index in [-0.39, 0.29) is 11.2 Å². The summed E-state index contributed by atoms with van der Waals surface area (Å²) in [5.41, 5.74) is 5.20. The maximum atomic E-state index is 12.6. The van der Waals surface area contributed by atoms with Gasteiger partial charge in [-0.25, -0.2) is 0 Å². The second kappa shape index (κ2) is 8.56. The van der Waals surface area contributed by atoms with Crippen LogP contribution in [0.25, 0.3) is 5.69 Å². The van der Waals surface area contributed by atoms with Gasteiger partial charge in [0.15, 0.2) is 0 Å². The van der Waals surface area contributed by atoms with Crippen LogP contribution in [0.5, 0.6) is 0 Å². The van der Waals surface area contributed by atoms with Gasteiger partial charge in [-0.2, -0.15) is 4.68 Å². The molecule has 0 spiro atoms. The zero-order valence-electron chi connectivity index (χ0n) is 16.8.